The van der Waals surface area contributed by atoms with E-state index in [1.54, 1.807) is 24.4 Å². The van der Waals surface area contributed by atoms with Crippen LogP contribution in [0.4, 0.5) is 14.9 Å². The van der Waals surface area contributed by atoms with Crippen molar-refractivity contribution in [3.05, 3.63) is 41.3 Å². The molecule has 0 saturated carbocycles. The minimum absolute atomic E-state index is 0.119. The number of nitrogens with one attached hydrogen (secondary N) is 1. The van der Waals surface area contributed by atoms with E-state index in [-0.39, 0.29) is 28.8 Å². The summed E-state index contributed by atoms with van der Waals surface area (Å²) in [4.78, 5) is 18.7. The van der Waals surface area contributed by atoms with Crippen LogP contribution in [0.25, 0.3) is 11.1 Å². The highest BCUT2D eigenvalue weighted by Crippen LogP contribution is 2.41. The van der Waals surface area contributed by atoms with E-state index in [0.717, 1.165) is 19.3 Å². The van der Waals surface area contributed by atoms with Crippen LogP contribution < -0.4 is 10.1 Å². The van der Waals surface area contributed by atoms with Gasteiger partial charge in [-0.2, -0.15) is 0 Å². The summed E-state index contributed by atoms with van der Waals surface area (Å²) in [6.07, 6.45) is 4.67. The third-order valence-electron chi connectivity index (χ3n) is 5.47. The third kappa shape index (κ3) is 3.34. The molecule has 2 saturated heterocycles. The van der Waals surface area contributed by atoms with Gasteiger partial charge in [0.1, 0.15) is 5.82 Å². The largest absolute Gasteiger partial charge is 0.481 e. The van der Waals surface area contributed by atoms with E-state index in [9.17, 15) is 9.18 Å². The number of methoxy groups -OCH3 is 1. The number of amides is 2. The number of rotatable bonds is 3. The number of urea groups is 1. The predicted molar refractivity (Wildman–Crippen MR) is 103 cm³/mol. The molecule has 3 heterocycles. The fourth-order valence-electron chi connectivity index (χ4n) is 4.18. The fourth-order valence-corrected chi connectivity index (χ4v) is 4.44. The molecule has 2 amide bonds. The first-order chi connectivity index (χ1) is 13.0. The molecule has 7 heteroatoms. The minimum atomic E-state index is -0.558. The van der Waals surface area contributed by atoms with E-state index in [1.807, 2.05) is 4.90 Å². The Hall–Kier alpha value is -2.34. The predicted octanol–water partition coefficient (Wildman–Crippen LogP) is 4.95. The van der Waals surface area contributed by atoms with Crippen LogP contribution in [-0.4, -0.2) is 35.1 Å². The number of halogens is 2. The molecule has 2 aliphatic rings. The summed E-state index contributed by atoms with van der Waals surface area (Å²) in [5, 5.41) is 2.98. The van der Waals surface area contributed by atoms with Crippen molar-refractivity contribution in [2.75, 3.05) is 12.4 Å². The summed E-state index contributed by atoms with van der Waals surface area (Å²) in [5.74, 6) is 0.556. The second kappa shape index (κ2) is 7.00. The third-order valence-corrected chi connectivity index (χ3v) is 5.78. The van der Waals surface area contributed by atoms with Crippen molar-refractivity contribution in [2.45, 2.75) is 38.3 Å². The van der Waals surface area contributed by atoms with E-state index in [1.165, 1.54) is 13.2 Å². The molecule has 2 unspecified atom stereocenters. The number of carbonyl (C=O) groups is 1. The summed E-state index contributed by atoms with van der Waals surface area (Å²) < 4.78 is 19.5. The average molecular weight is 390 g/mol. The number of carbonyl (C=O) groups excluding carboxylic acids is 1. The van der Waals surface area contributed by atoms with Crippen LogP contribution >= 0.6 is 11.6 Å². The van der Waals surface area contributed by atoms with Gasteiger partial charge in [-0.1, -0.05) is 18.5 Å². The van der Waals surface area contributed by atoms with Gasteiger partial charge in [-0.3, -0.25) is 0 Å². The summed E-state index contributed by atoms with van der Waals surface area (Å²) in [6.45, 7) is 2.21. The van der Waals surface area contributed by atoms with Gasteiger partial charge in [0.05, 0.1) is 17.8 Å². The van der Waals surface area contributed by atoms with Crippen LogP contribution in [-0.2, 0) is 0 Å². The molecule has 5 nitrogen and oxygen atoms in total. The minimum Gasteiger partial charge on any atom is -0.481 e. The second-order valence-electron chi connectivity index (χ2n) is 7.36. The Balaban J connectivity index is 1.57. The number of aromatic nitrogens is 1. The van der Waals surface area contributed by atoms with E-state index < -0.39 is 5.82 Å². The monoisotopic (exact) mass is 389 g/mol. The van der Waals surface area contributed by atoms with Crippen molar-refractivity contribution >= 4 is 23.3 Å². The SMILES string of the molecule is COc1ccc(-c2cc(NC(=O)N3C4CC(C)CC3C4)c(F)cc2Cl)cn1. The zero-order valence-corrected chi connectivity index (χ0v) is 16.0. The van der Waals surface area contributed by atoms with Crippen LogP contribution in [0.1, 0.15) is 26.2 Å². The van der Waals surface area contributed by atoms with Gasteiger partial charge in [-0.25, -0.2) is 14.2 Å². The Bertz CT molecular complexity index is 862. The molecule has 2 aliphatic heterocycles. The van der Waals surface area contributed by atoms with Crippen LogP contribution in [0.15, 0.2) is 30.5 Å². The molecule has 1 aromatic carbocycles. The lowest BCUT2D eigenvalue weighted by molar-refractivity contribution is -0.00603. The van der Waals surface area contributed by atoms with Crippen molar-refractivity contribution < 1.29 is 13.9 Å². The van der Waals surface area contributed by atoms with Gasteiger partial charge in [-0.15, -0.1) is 0 Å². The number of hydrogen-bond acceptors (Lipinski definition) is 3. The highest BCUT2D eigenvalue weighted by Gasteiger charge is 2.46. The molecule has 142 valence electrons. The van der Waals surface area contributed by atoms with Gasteiger partial charge in [0, 0.05) is 35.5 Å². The Morgan fingerprint density at radius 1 is 1.30 bits per heavy atom. The summed E-state index contributed by atoms with van der Waals surface area (Å²) in [5.41, 5.74) is 1.43. The normalized spacial score (nSPS) is 23.6. The van der Waals surface area contributed by atoms with Gasteiger partial charge in [0.25, 0.3) is 0 Å². The summed E-state index contributed by atoms with van der Waals surface area (Å²) in [7, 11) is 1.53. The number of benzene rings is 1. The lowest BCUT2D eigenvalue weighted by Gasteiger charge is -2.54. The van der Waals surface area contributed by atoms with E-state index in [2.05, 4.69) is 17.2 Å². The molecule has 2 fully saturated rings. The van der Waals surface area contributed by atoms with Gasteiger partial charge >= 0.3 is 6.03 Å². The van der Waals surface area contributed by atoms with Gasteiger partial charge < -0.3 is 15.0 Å². The number of hydrogen-bond donors (Lipinski definition) is 1. The number of piperidine rings is 1. The Labute approximate surface area is 162 Å². The summed E-state index contributed by atoms with van der Waals surface area (Å²) in [6, 6.07) is 6.54. The maximum atomic E-state index is 14.4. The molecular formula is C20H21ClFN3O2. The number of anilines is 1. The number of ether oxygens (including phenoxy) is 1. The Kier molecular flexibility index (Phi) is 4.68. The van der Waals surface area contributed by atoms with E-state index in [4.69, 9.17) is 16.3 Å². The Morgan fingerprint density at radius 2 is 2.04 bits per heavy atom. The zero-order chi connectivity index (χ0) is 19.1. The first-order valence-corrected chi connectivity index (χ1v) is 9.43. The van der Waals surface area contributed by atoms with E-state index in [0.29, 0.717) is 22.9 Å². The van der Waals surface area contributed by atoms with Crippen molar-refractivity contribution in [1.29, 1.82) is 0 Å². The maximum Gasteiger partial charge on any atom is 0.322 e. The number of nitrogens with zero attached hydrogens (tertiary/aromatic N) is 2. The van der Waals surface area contributed by atoms with Crippen molar-refractivity contribution in [1.82, 2.24) is 9.88 Å². The zero-order valence-electron chi connectivity index (χ0n) is 15.2. The second-order valence-corrected chi connectivity index (χ2v) is 7.77. The maximum absolute atomic E-state index is 14.4. The standard InChI is InChI=1S/C20H21ClFN3O2/c1-11-5-13-7-14(6-11)25(13)20(26)24-18-8-15(16(21)9-17(18)22)12-3-4-19(27-2)23-10-12/h3-4,8-11,13-14H,5-7H2,1-2H3,(H,24,26). The lowest BCUT2D eigenvalue weighted by Crippen LogP contribution is -2.63. The topological polar surface area (TPSA) is 54.5 Å². The average Bonchev–Trinajstić information content (AvgIpc) is 2.63. The number of pyridine rings is 1. The van der Waals surface area contributed by atoms with Gasteiger partial charge in [0.2, 0.25) is 5.88 Å². The molecule has 0 radical (unpaired) electrons. The molecule has 4 rings (SSSR count). The van der Waals surface area contributed by atoms with Gasteiger partial charge in [0.15, 0.2) is 0 Å². The van der Waals surface area contributed by atoms with Crippen LogP contribution in [0, 0.1) is 11.7 Å². The first kappa shape index (κ1) is 18.0. The molecule has 1 N–H and O–H groups in total. The smallest absolute Gasteiger partial charge is 0.322 e. The molecule has 1 aromatic heterocycles. The van der Waals surface area contributed by atoms with Crippen LogP contribution in [0.5, 0.6) is 5.88 Å². The van der Waals surface area contributed by atoms with Crippen molar-refractivity contribution in [3.8, 4) is 17.0 Å². The fraction of sp³-hybridized carbons (Fsp3) is 0.400. The quantitative estimate of drug-likeness (QED) is 0.807. The molecule has 0 spiro atoms. The number of fused-ring (bicyclic) bond motifs is 2. The Morgan fingerprint density at radius 3 is 2.67 bits per heavy atom. The molecule has 2 aromatic rings. The van der Waals surface area contributed by atoms with Crippen molar-refractivity contribution in [2.24, 2.45) is 5.92 Å². The first-order valence-electron chi connectivity index (χ1n) is 9.05. The van der Waals surface area contributed by atoms with Crippen molar-refractivity contribution in [3.63, 3.8) is 0 Å². The molecule has 2 atom stereocenters. The molecule has 27 heavy (non-hydrogen) atoms. The lowest BCUT2D eigenvalue weighted by atomic mass is 9.74. The molecular weight excluding hydrogens is 369 g/mol. The van der Waals surface area contributed by atoms with Crippen LogP contribution in [0.3, 0.4) is 0 Å². The highest BCUT2D eigenvalue weighted by atomic mass is 35.5. The van der Waals surface area contributed by atoms with Crippen LogP contribution in [0.2, 0.25) is 5.02 Å². The molecule has 0 aliphatic carbocycles. The molecule has 2 bridgehead atoms. The summed E-state index contributed by atoms with van der Waals surface area (Å²) >= 11 is 6.22. The van der Waals surface area contributed by atoms with E-state index >= 15 is 0 Å². The highest BCUT2D eigenvalue weighted by molar-refractivity contribution is 6.33. The van der Waals surface area contributed by atoms with Gasteiger partial charge in [-0.05, 0) is 43.4 Å².